The van der Waals surface area contributed by atoms with Crippen LogP contribution in [0.4, 0.5) is 0 Å². The maximum absolute atomic E-state index is 13.1. The molecule has 2 bridgehead atoms. The van der Waals surface area contributed by atoms with E-state index in [2.05, 4.69) is 10.1 Å². The quantitative estimate of drug-likeness (QED) is 0.683. The SMILES string of the molecule is COc1cc(C)ccc1OCC(=O)N1[C@@H]2CC[C@H]1c1cnc3cc(C)nn3c1C2. The molecule has 1 aromatic carbocycles. The molecule has 2 aliphatic heterocycles. The normalized spacial score (nSPS) is 20.0. The fourth-order valence-corrected chi connectivity index (χ4v) is 4.69. The Hall–Kier alpha value is -3.09. The monoisotopic (exact) mass is 392 g/mol. The highest BCUT2D eigenvalue weighted by Crippen LogP contribution is 2.43. The van der Waals surface area contributed by atoms with Gasteiger partial charge in [-0.15, -0.1) is 0 Å². The molecule has 1 fully saturated rings. The van der Waals surface area contributed by atoms with Crippen molar-refractivity contribution in [3.63, 3.8) is 0 Å². The summed E-state index contributed by atoms with van der Waals surface area (Å²) in [6, 6.07) is 7.92. The maximum atomic E-state index is 13.1. The van der Waals surface area contributed by atoms with Crippen LogP contribution in [0.3, 0.4) is 0 Å². The Kier molecular flexibility index (Phi) is 4.19. The Bertz CT molecular complexity index is 1110. The number of amides is 1. The topological polar surface area (TPSA) is 69.0 Å². The van der Waals surface area contributed by atoms with Gasteiger partial charge in [0.2, 0.25) is 0 Å². The number of methoxy groups -OCH3 is 1. The van der Waals surface area contributed by atoms with E-state index in [-0.39, 0.29) is 24.6 Å². The summed E-state index contributed by atoms with van der Waals surface area (Å²) in [6.07, 6.45) is 4.65. The summed E-state index contributed by atoms with van der Waals surface area (Å²) < 4.78 is 13.2. The highest BCUT2D eigenvalue weighted by molar-refractivity contribution is 5.79. The first-order valence-corrected chi connectivity index (χ1v) is 9.98. The average molecular weight is 392 g/mol. The Labute approximate surface area is 169 Å². The van der Waals surface area contributed by atoms with Gasteiger partial charge in [0.05, 0.1) is 24.5 Å². The number of hydrogen-bond acceptors (Lipinski definition) is 5. The molecule has 150 valence electrons. The second kappa shape index (κ2) is 6.76. The van der Waals surface area contributed by atoms with Crippen molar-refractivity contribution in [1.29, 1.82) is 0 Å². The summed E-state index contributed by atoms with van der Waals surface area (Å²) in [4.78, 5) is 19.7. The molecule has 0 N–H and O–H groups in total. The first kappa shape index (κ1) is 18.0. The van der Waals surface area contributed by atoms with Crippen molar-refractivity contribution in [2.75, 3.05) is 13.7 Å². The molecule has 1 saturated heterocycles. The van der Waals surface area contributed by atoms with Crippen molar-refractivity contribution in [1.82, 2.24) is 19.5 Å². The summed E-state index contributed by atoms with van der Waals surface area (Å²) in [5.41, 5.74) is 5.20. The minimum atomic E-state index is -0.00168. The van der Waals surface area contributed by atoms with Gasteiger partial charge in [0.1, 0.15) is 0 Å². The Morgan fingerprint density at radius 1 is 1.21 bits per heavy atom. The maximum Gasteiger partial charge on any atom is 0.261 e. The van der Waals surface area contributed by atoms with Gasteiger partial charge in [-0.2, -0.15) is 5.10 Å². The molecule has 0 unspecified atom stereocenters. The molecule has 1 amide bonds. The lowest BCUT2D eigenvalue weighted by Gasteiger charge is -2.36. The van der Waals surface area contributed by atoms with Gasteiger partial charge in [0, 0.05) is 30.3 Å². The average Bonchev–Trinajstić information content (AvgIpc) is 3.25. The fourth-order valence-electron chi connectivity index (χ4n) is 4.69. The molecule has 7 heteroatoms. The molecule has 7 nitrogen and oxygen atoms in total. The first-order valence-electron chi connectivity index (χ1n) is 9.98. The van der Waals surface area contributed by atoms with E-state index < -0.39 is 0 Å². The molecule has 2 aromatic heterocycles. The van der Waals surface area contributed by atoms with E-state index in [1.807, 2.05) is 53.7 Å². The summed E-state index contributed by atoms with van der Waals surface area (Å²) in [7, 11) is 1.61. The number of fused-ring (bicyclic) bond motifs is 6. The Morgan fingerprint density at radius 2 is 2.07 bits per heavy atom. The van der Waals surface area contributed by atoms with Crippen LogP contribution in [0.15, 0.2) is 30.5 Å². The molecule has 0 aliphatic carbocycles. The van der Waals surface area contributed by atoms with Crippen LogP contribution in [0, 0.1) is 13.8 Å². The zero-order valence-electron chi connectivity index (χ0n) is 16.9. The van der Waals surface area contributed by atoms with Crippen LogP contribution in [0.2, 0.25) is 0 Å². The molecule has 4 heterocycles. The van der Waals surface area contributed by atoms with E-state index >= 15 is 0 Å². The number of carbonyl (C=O) groups is 1. The molecule has 2 atom stereocenters. The van der Waals surface area contributed by atoms with Crippen LogP contribution in [-0.4, -0.2) is 45.2 Å². The van der Waals surface area contributed by atoms with Crippen LogP contribution >= 0.6 is 0 Å². The smallest absolute Gasteiger partial charge is 0.261 e. The number of benzene rings is 1. The summed E-state index contributed by atoms with van der Waals surface area (Å²) in [6.45, 7) is 3.97. The molecular weight excluding hydrogens is 368 g/mol. The Morgan fingerprint density at radius 3 is 2.90 bits per heavy atom. The predicted molar refractivity (Wildman–Crippen MR) is 107 cm³/mol. The van der Waals surface area contributed by atoms with Crippen molar-refractivity contribution >= 4 is 11.6 Å². The lowest BCUT2D eigenvalue weighted by Crippen LogP contribution is -2.44. The summed E-state index contributed by atoms with van der Waals surface area (Å²) in [5, 5.41) is 4.61. The van der Waals surface area contributed by atoms with Crippen molar-refractivity contribution in [3.05, 3.63) is 53.0 Å². The van der Waals surface area contributed by atoms with Crippen LogP contribution < -0.4 is 9.47 Å². The fraction of sp³-hybridized carbons (Fsp3) is 0.409. The second-order valence-electron chi connectivity index (χ2n) is 7.91. The van der Waals surface area contributed by atoms with E-state index in [1.165, 1.54) is 5.69 Å². The third kappa shape index (κ3) is 2.92. The third-order valence-corrected chi connectivity index (χ3v) is 5.99. The van der Waals surface area contributed by atoms with Gasteiger partial charge in [-0.25, -0.2) is 9.50 Å². The number of hydrogen-bond donors (Lipinski definition) is 0. The zero-order valence-corrected chi connectivity index (χ0v) is 16.9. The van der Waals surface area contributed by atoms with Gasteiger partial charge in [-0.1, -0.05) is 6.07 Å². The zero-order chi connectivity index (χ0) is 20.1. The molecule has 2 aliphatic rings. The number of ether oxygens (including phenoxy) is 2. The van der Waals surface area contributed by atoms with Crippen LogP contribution in [0.1, 0.15) is 41.4 Å². The van der Waals surface area contributed by atoms with E-state index in [0.29, 0.717) is 11.5 Å². The van der Waals surface area contributed by atoms with Crippen LogP contribution in [0.5, 0.6) is 11.5 Å². The number of carbonyl (C=O) groups excluding carboxylic acids is 1. The molecule has 29 heavy (non-hydrogen) atoms. The van der Waals surface area contributed by atoms with Crippen LogP contribution in [0.25, 0.3) is 5.65 Å². The van der Waals surface area contributed by atoms with Crippen molar-refractivity contribution < 1.29 is 14.3 Å². The van der Waals surface area contributed by atoms with Crippen LogP contribution in [-0.2, 0) is 11.2 Å². The lowest BCUT2D eigenvalue weighted by atomic mass is 9.99. The number of nitrogens with zero attached hydrogens (tertiary/aromatic N) is 4. The number of rotatable bonds is 4. The highest BCUT2D eigenvalue weighted by atomic mass is 16.5. The van der Waals surface area contributed by atoms with E-state index in [9.17, 15) is 4.79 Å². The Balaban J connectivity index is 1.39. The molecule has 3 aromatic rings. The predicted octanol–water partition coefficient (Wildman–Crippen LogP) is 3.02. The molecular formula is C22H24N4O3. The molecule has 5 rings (SSSR count). The van der Waals surface area contributed by atoms with Gasteiger partial charge in [0.15, 0.2) is 23.8 Å². The first-order chi connectivity index (χ1) is 14.0. The number of aromatic nitrogens is 3. The number of aryl methyl sites for hydroxylation is 2. The largest absolute Gasteiger partial charge is 0.493 e. The summed E-state index contributed by atoms with van der Waals surface area (Å²) in [5.74, 6) is 1.24. The van der Waals surface area contributed by atoms with E-state index in [0.717, 1.165) is 41.7 Å². The van der Waals surface area contributed by atoms with E-state index in [1.54, 1.807) is 7.11 Å². The van der Waals surface area contributed by atoms with E-state index in [4.69, 9.17) is 9.47 Å². The molecule has 0 saturated carbocycles. The second-order valence-corrected chi connectivity index (χ2v) is 7.91. The lowest BCUT2D eigenvalue weighted by molar-refractivity contribution is -0.137. The highest BCUT2D eigenvalue weighted by Gasteiger charge is 2.43. The van der Waals surface area contributed by atoms with Gasteiger partial charge >= 0.3 is 0 Å². The summed E-state index contributed by atoms with van der Waals surface area (Å²) >= 11 is 0. The minimum absolute atomic E-state index is 0.00168. The third-order valence-electron chi connectivity index (χ3n) is 5.99. The van der Waals surface area contributed by atoms with Gasteiger partial charge in [-0.3, -0.25) is 4.79 Å². The van der Waals surface area contributed by atoms with Gasteiger partial charge in [0.25, 0.3) is 5.91 Å². The van der Waals surface area contributed by atoms with Crippen molar-refractivity contribution in [3.8, 4) is 11.5 Å². The molecule has 0 spiro atoms. The van der Waals surface area contributed by atoms with Gasteiger partial charge < -0.3 is 14.4 Å². The minimum Gasteiger partial charge on any atom is -0.493 e. The van der Waals surface area contributed by atoms with Crippen molar-refractivity contribution in [2.45, 2.75) is 45.2 Å². The van der Waals surface area contributed by atoms with Gasteiger partial charge in [-0.05, 0) is 44.4 Å². The molecule has 0 radical (unpaired) electrons. The van der Waals surface area contributed by atoms with Crippen molar-refractivity contribution in [2.24, 2.45) is 0 Å². The standard InChI is InChI=1S/C22H24N4O3/c1-13-4-7-19(20(8-13)28-3)29-12-22(27)25-15-5-6-17(25)16-11-23-21-9-14(2)24-26(21)18(16)10-15/h4,7-9,11,15,17H,5-6,10,12H2,1-3H3/t15-,17+/m1/s1.